The number of amides is 3. The van der Waals surface area contributed by atoms with Gasteiger partial charge in [0.2, 0.25) is 17.7 Å². The van der Waals surface area contributed by atoms with Crippen molar-refractivity contribution in [3.05, 3.63) is 97.1 Å². The van der Waals surface area contributed by atoms with E-state index in [1.54, 1.807) is 29.0 Å². The number of benzene rings is 2. The van der Waals surface area contributed by atoms with Crippen molar-refractivity contribution < 1.29 is 33.8 Å². The van der Waals surface area contributed by atoms with Gasteiger partial charge in [0.25, 0.3) is 0 Å². The van der Waals surface area contributed by atoms with Crippen molar-refractivity contribution in [2.45, 2.75) is 101 Å². The van der Waals surface area contributed by atoms with E-state index in [1.807, 2.05) is 74.5 Å². The van der Waals surface area contributed by atoms with E-state index in [1.165, 1.54) is 4.90 Å². The van der Waals surface area contributed by atoms with Gasteiger partial charge in [0.05, 0.1) is 36.6 Å². The molecule has 3 saturated heterocycles. The standard InChI is InChI=1S/C41H53N3O7/c1-7-10-22-33(46)42(6)28(5)36(30-20-15-12-16-21-30)50-40(49)34-32-23-24-41(51-32)35(34)38(47)44(31(26-45)29-18-13-11-14-19-29)37(41)39(48)43(25-9-3)27(4)17-8-2/h7,9,11-16,18-21,27-28,31-32,34-37,45H,1,3,8,10,17,22-26H2,2,4-6H3/t27?,28-,31-,32-,34+,35+,36+,37-,41+/m1/s1. The lowest BCUT2D eigenvalue weighted by Crippen LogP contribution is -2.58. The highest BCUT2D eigenvalue weighted by Gasteiger charge is 2.76. The van der Waals surface area contributed by atoms with E-state index >= 15 is 0 Å². The SMILES string of the molecule is C=CCCC(=O)N(C)[C@H](C)[C@H](OC(=O)[C@@H]1[C@H]2C(=O)N([C@H](CO)c3ccccc3)[C@H](C(=O)N(CC=C)C(C)CCC)[C@]23CC[C@H]1O3)c1ccccc1. The van der Waals surface area contributed by atoms with Gasteiger partial charge in [-0.1, -0.05) is 86.2 Å². The van der Waals surface area contributed by atoms with Gasteiger partial charge in [-0.2, -0.15) is 0 Å². The van der Waals surface area contributed by atoms with E-state index in [-0.39, 0.29) is 30.8 Å². The first-order valence-corrected chi connectivity index (χ1v) is 18.2. The number of nitrogens with zero attached hydrogens (tertiary/aromatic N) is 3. The maximum atomic E-state index is 14.9. The summed E-state index contributed by atoms with van der Waals surface area (Å²) in [6.45, 7) is 13.4. The van der Waals surface area contributed by atoms with Crippen LogP contribution in [0.1, 0.15) is 82.6 Å². The molecule has 0 saturated carbocycles. The third kappa shape index (κ3) is 7.13. The van der Waals surface area contributed by atoms with Crippen LogP contribution in [0.25, 0.3) is 0 Å². The maximum Gasteiger partial charge on any atom is 0.313 e. The summed E-state index contributed by atoms with van der Waals surface area (Å²) >= 11 is 0. The number of allylic oxidation sites excluding steroid dienone is 1. The molecule has 0 aromatic heterocycles. The first-order valence-electron chi connectivity index (χ1n) is 18.2. The number of carbonyl (C=O) groups excluding carboxylic acids is 4. The molecule has 10 nitrogen and oxygen atoms in total. The highest BCUT2D eigenvalue weighted by Crippen LogP contribution is 2.60. The van der Waals surface area contributed by atoms with Gasteiger partial charge in [0, 0.05) is 26.1 Å². The average Bonchev–Trinajstić information content (AvgIpc) is 3.79. The molecule has 3 amide bonds. The molecular weight excluding hydrogens is 646 g/mol. The Kier molecular flexibility index (Phi) is 12.2. The fraction of sp³-hybridized carbons (Fsp3) is 0.512. The summed E-state index contributed by atoms with van der Waals surface area (Å²) in [6, 6.07) is 15.8. The van der Waals surface area contributed by atoms with Crippen molar-refractivity contribution in [3.63, 3.8) is 0 Å². The fourth-order valence-corrected chi connectivity index (χ4v) is 8.48. The van der Waals surface area contributed by atoms with Gasteiger partial charge >= 0.3 is 5.97 Å². The molecule has 3 aliphatic rings. The molecule has 3 heterocycles. The van der Waals surface area contributed by atoms with Crippen LogP contribution in [0.2, 0.25) is 0 Å². The Morgan fingerprint density at radius 1 is 1.06 bits per heavy atom. The molecule has 2 aromatic carbocycles. The zero-order valence-electron chi connectivity index (χ0n) is 30.4. The molecule has 2 aromatic rings. The van der Waals surface area contributed by atoms with Crippen molar-refractivity contribution in [3.8, 4) is 0 Å². The van der Waals surface area contributed by atoms with Crippen LogP contribution in [0.4, 0.5) is 0 Å². The Bertz CT molecular complexity index is 1570. The van der Waals surface area contributed by atoms with Crippen LogP contribution in [0.5, 0.6) is 0 Å². The Hall–Kier alpha value is -4.28. The van der Waals surface area contributed by atoms with Crippen LogP contribution in [0.15, 0.2) is 86.0 Å². The second-order valence-electron chi connectivity index (χ2n) is 14.2. The number of esters is 1. The topological polar surface area (TPSA) is 117 Å². The summed E-state index contributed by atoms with van der Waals surface area (Å²) in [5, 5.41) is 10.8. The number of ether oxygens (including phenoxy) is 2. The molecule has 0 aliphatic carbocycles. The number of aliphatic hydroxyl groups is 1. The van der Waals surface area contributed by atoms with Crippen LogP contribution in [0, 0.1) is 11.8 Å². The van der Waals surface area contributed by atoms with E-state index < -0.39 is 66.3 Å². The first kappa shape index (κ1) is 38.0. The van der Waals surface area contributed by atoms with Crippen molar-refractivity contribution in [1.29, 1.82) is 0 Å². The maximum absolute atomic E-state index is 14.9. The van der Waals surface area contributed by atoms with Gasteiger partial charge in [-0.05, 0) is 50.7 Å². The largest absolute Gasteiger partial charge is 0.455 e. The molecule has 1 N–H and O–H groups in total. The second-order valence-corrected chi connectivity index (χ2v) is 14.2. The van der Waals surface area contributed by atoms with E-state index in [2.05, 4.69) is 20.1 Å². The van der Waals surface area contributed by atoms with Crippen LogP contribution in [-0.4, -0.2) is 93.5 Å². The molecule has 3 fully saturated rings. The zero-order valence-corrected chi connectivity index (χ0v) is 30.4. The number of fused-ring (bicyclic) bond motifs is 1. The summed E-state index contributed by atoms with van der Waals surface area (Å²) < 4.78 is 13.1. The second kappa shape index (κ2) is 16.4. The van der Waals surface area contributed by atoms with E-state index in [0.717, 1.165) is 12.8 Å². The van der Waals surface area contributed by atoms with Gasteiger partial charge < -0.3 is 29.3 Å². The minimum atomic E-state index is -1.29. The summed E-state index contributed by atoms with van der Waals surface area (Å²) in [5.74, 6) is -3.40. The number of carbonyl (C=O) groups is 4. The summed E-state index contributed by atoms with van der Waals surface area (Å²) in [7, 11) is 1.69. The Balaban J connectivity index is 1.54. The van der Waals surface area contributed by atoms with Crippen LogP contribution >= 0.6 is 0 Å². The van der Waals surface area contributed by atoms with Crippen molar-refractivity contribution >= 4 is 23.7 Å². The molecule has 1 unspecified atom stereocenters. The van der Waals surface area contributed by atoms with Crippen molar-refractivity contribution in [2.24, 2.45) is 11.8 Å². The molecule has 2 bridgehead atoms. The van der Waals surface area contributed by atoms with Gasteiger partial charge in [-0.25, -0.2) is 0 Å². The third-order valence-electron chi connectivity index (χ3n) is 11.2. The van der Waals surface area contributed by atoms with E-state index in [9.17, 15) is 24.3 Å². The number of hydrogen-bond donors (Lipinski definition) is 1. The Morgan fingerprint density at radius 3 is 2.29 bits per heavy atom. The molecule has 3 aliphatic heterocycles. The molecule has 9 atom stereocenters. The molecule has 0 radical (unpaired) electrons. The van der Waals surface area contributed by atoms with Crippen LogP contribution in [-0.2, 0) is 28.7 Å². The summed E-state index contributed by atoms with van der Waals surface area (Å²) in [6.07, 6.45) is 5.18. The highest BCUT2D eigenvalue weighted by atomic mass is 16.6. The highest BCUT2D eigenvalue weighted by molar-refractivity contribution is 5.98. The molecule has 51 heavy (non-hydrogen) atoms. The lowest BCUT2D eigenvalue weighted by Gasteiger charge is -2.41. The quantitative estimate of drug-likeness (QED) is 0.174. The molecule has 10 heteroatoms. The van der Waals surface area contributed by atoms with Gasteiger partial charge in [0.15, 0.2) is 0 Å². The van der Waals surface area contributed by atoms with Gasteiger partial charge in [-0.3, -0.25) is 19.2 Å². The number of hydrogen-bond acceptors (Lipinski definition) is 7. The monoisotopic (exact) mass is 699 g/mol. The number of rotatable bonds is 17. The first-order chi connectivity index (χ1) is 24.6. The van der Waals surface area contributed by atoms with Gasteiger partial charge in [0.1, 0.15) is 17.7 Å². The molecular formula is C41H53N3O7. The molecule has 5 rings (SSSR count). The number of likely N-dealkylation sites (N-methyl/N-ethyl adjacent to an activating group) is 1. The predicted molar refractivity (Wildman–Crippen MR) is 194 cm³/mol. The summed E-state index contributed by atoms with van der Waals surface area (Å²) in [4.78, 5) is 62.2. The summed E-state index contributed by atoms with van der Waals surface area (Å²) in [5.41, 5.74) is 0.0963. The van der Waals surface area contributed by atoms with E-state index in [0.29, 0.717) is 30.4 Å². The predicted octanol–water partition coefficient (Wildman–Crippen LogP) is 5.40. The fourth-order valence-electron chi connectivity index (χ4n) is 8.48. The third-order valence-corrected chi connectivity index (χ3v) is 11.2. The van der Waals surface area contributed by atoms with E-state index in [4.69, 9.17) is 9.47 Å². The van der Waals surface area contributed by atoms with Crippen molar-refractivity contribution in [2.75, 3.05) is 20.2 Å². The van der Waals surface area contributed by atoms with Crippen molar-refractivity contribution in [1.82, 2.24) is 14.7 Å². The lowest BCUT2D eigenvalue weighted by atomic mass is 9.70. The minimum Gasteiger partial charge on any atom is -0.455 e. The molecule has 274 valence electrons. The minimum absolute atomic E-state index is 0.109. The average molecular weight is 700 g/mol. The Morgan fingerprint density at radius 2 is 1.71 bits per heavy atom. The normalized spacial score (nSPS) is 25.7. The molecule has 1 spiro atoms. The number of aliphatic hydroxyl groups excluding tert-OH is 1. The zero-order chi connectivity index (χ0) is 36.9. The van der Waals surface area contributed by atoms with Gasteiger partial charge in [-0.15, -0.1) is 13.2 Å². The smallest absolute Gasteiger partial charge is 0.313 e. The Labute approximate surface area is 302 Å². The number of likely N-dealkylation sites (tertiary alicyclic amines) is 1. The van der Waals surface area contributed by atoms with Crippen LogP contribution in [0.3, 0.4) is 0 Å². The lowest BCUT2D eigenvalue weighted by molar-refractivity contribution is -0.165. The van der Waals surface area contributed by atoms with Crippen LogP contribution < -0.4 is 0 Å².